The number of aromatic nitrogens is 3. The molecule has 1 aromatic carbocycles. The van der Waals surface area contributed by atoms with Crippen molar-refractivity contribution in [3.8, 4) is 0 Å². The smallest absolute Gasteiger partial charge is 0.192 e. The first-order valence-corrected chi connectivity index (χ1v) is 6.66. The maximum absolute atomic E-state index is 6.19. The van der Waals surface area contributed by atoms with Crippen LogP contribution in [0.5, 0.6) is 0 Å². The molecule has 19 heavy (non-hydrogen) atoms. The molecule has 4 nitrogen and oxygen atoms in total. The average Bonchev–Trinajstić information content (AvgIpc) is 2.42. The van der Waals surface area contributed by atoms with Gasteiger partial charge in [-0.05, 0) is 49.0 Å². The third kappa shape index (κ3) is 2.37. The Labute approximate surface area is 115 Å². The van der Waals surface area contributed by atoms with Crippen molar-refractivity contribution in [2.45, 2.75) is 17.0 Å². The molecule has 0 saturated heterocycles. The topological polar surface area (TPSA) is 64.7 Å². The fourth-order valence-electron chi connectivity index (χ4n) is 1.82. The normalized spacial score (nSPS) is 10.8. The van der Waals surface area contributed by atoms with Gasteiger partial charge in [0.2, 0.25) is 0 Å². The SMILES string of the molecule is Cc1ccnc(Sc2ccc3ncccc3c2N)n1. The van der Waals surface area contributed by atoms with E-state index < -0.39 is 0 Å². The Morgan fingerprint density at radius 1 is 1.05 bits per heavy atom. The van der Waals surface area contributed by atoms with Crippen molar-refractivity contribution in [1.82, 2.24) is 15.0 Å². The van der Waals surface area contributed by atoms with Crippen LogP contribution in [0.25, 0.3) is 10.9 Å². The van der Waals surface area contributed by atoms with E-state index in [0.29, 0.717) is 5.16 Å². The van der Waals surface area contributed by atoms with Gasteiger partial charge in [0.15, 0.2) is 5.16 Å². The zero-order valence-electron chi connectivity index (χ0n) is 10.4. The molecule has 2 N–H and O–H groups in total. The van der Waals surface area contributed by atoms with Gasteiger partial charge in [-0.25, -0.2) is 9.97 Å². The lowest BCUT2D eigenvalue weighted by Gasteiger charge is -2.07. The van der Waals surface area contributed by atoms with E-state index in [2.05, 4.69) is 15.0 Å². The highest BCUT2D eigenvalue weighted by Crippen LogP contribution is 2.34. The number of anilines is 1. The number of rotatable bonds is 2. The molecule has 0 bridgehead atoms. The van der Waals surface area contributed by atoms with Crippen LogP contribution in [-0.4, -0.2) is 15.0 Å². The molecule has 0 radical (unpaired) electrons. The molecule has 0 aliphatic carbocycles. The molecule has 0 aliphatic heterocycles. The van der Waals surface area contributed by atoms with E-state index in [9.17, 15) is 0 Å². The first kappa shape index (κ1) is 11.9. The van der Waals surface area contributed by atoms with Crippen LogP contribution in [0.2, 0.25) is 0 Å². The molecule has 0 atom stereocenters. The predicted octanol–water partition coefficient (Wildman–Crippen LogP) is 3.07. The summed E-state index contributed by atoms with van der Waals surface area (Å²) in [6, 6.07) is 9.65. The van der Waals surface area contributed by atoms with E-state index in [1.165, 1.54) is 11.8 Å². The highest BCUT2D eigenvalue weighted by Gasteiger charge is 2.08. The highest BCUT2D eigenvalue weighted by molar-refractivity contribution is 7.99. The largest absolute Gasteiger partial charge is 0.397 e. The van der Waals surface area contributed by atoms with Crippen molar-refractivity contribution in [3.05, 3.63) is 48.4 Å². The van der Waals surface area contributed by atoms with Gasteiger partial charge in [-0.15, -0.1) is 0 Å². The Morgan fingerprint density at radius 3 is 2.79 bits per heavy atom. The monoisotopic (exact) mass is 268 g/mol. The van der Waals surface area contributed by atoms with E-state index in [0.717, 1.165) is 27.2 Å². The van der Waals surface area contributed by atoms with Crippen LogP contribution < -0.4 is 5.73 Å². The van der Waals surface area contributed by atoms with Gasteiger partial charge in [0.1, 0.15) is 0 Å². The summed E-state index contributed by atoms with van der Waals surface area (Å²) in [5.74, 6) is 0. The first-order valence-electron chi connectivity index (χ1n) is 5.85. The molecule has 3 rings (SSSR count). The van der Waals surface area contributed by atoms with Crippen LogP contribution in [0.15, 0.2) is 52.8 Å². The number of hydrogen-bond acceptors (Lipinski definition) is 5. The summed E-state index contributed by atoms with van der Waals surface area (Å²) in [6.45, 7) is 1.94. The second kappa shape index (κ2) is 4.85. The van der Waals surface area contributed by atoms with Gasteiger partial charge in [0.25, 0.3) is 0 Å². The molecule has 3 aromatic rings. The van der Waals surface area contributed by atoms with Crippen LogP contribution in [0.1, 0.15) is 5.69 Å². The van der Waals surface area contributed by atoms with Gasteiger partial charge in [0, 0.05) is 28.4 Å². The van der Waals surface area contributed by atoms with E-state index in [4.69, 9.17) is 5.73 Å². The van der Waals surface area contributed by atoms with Crippen LogP contribution in [0, 0.1) is 6.92 Å². The summed E-state index contributed by atoms with van der Waals surface area (Å²) >= 11 is 1.47. The standard InChI is InChI=1S/C14H12N4S/c1-9-6-8-17-14(18-9)19-12-5-4-11-10(13(12)15)3-2-7-16-11/h2-8H,15H2,1H3. The molecule has 0 spiro atoms. The minimum atomic E-state index is 0.704. The number of hydrogen-bond donors (Lipinski definition) is 1. The summed E-state index contributed by atoms with van der Waals surface area (Å²) in [4.78, 5) is 13.8. The van der Waals surface area contributed by atoms with Crippen molar-refractivity contribution in [2.24, 2.45) is 0 Å². The number of nitrogens with zero attached hydrogens (tertiary/aromatic N) is 3. The molecule has 0 amide bonds. The molecule has 5 heteroatoms. The fourth-order valence-corrected chi connectivity index (χ4v) is 2.67. The molecule has 2 aromatic heterocycles. The van der Waals surface area contributed by atoms with Crippen LogP contribution in [0.4, 0.5) is 5.69 Å². The van der Waals surface area contributed by atoms with Crippen molar-refractivity contribution in [1.29, 1.82) is 0 Å². The third-order valence-electron chi connectivity index (χ3n) is 2.76. The Kier molecular flexibility index (Phi) is 3.05. The van der Waals surface area contributed by atoms with Gasteiger partial charge in [-0.2, -0.15) is 0 Å². The van der Waals surface area contributed by atoms with E-state index >= 15 is 0 Å². The summed E-state index contributed by atoms with van der Waals surface area (Å²) in [6.07, 6.45) is 3.52. The number of benzene rings is 1. The summed E-state index contributed by atoms with van der Waals surface area (Å²) in [7, 11) is 0. The predicted molar refractivity (Wildman–Crippen MR) is 77.0 cm³/mol. The number of pyridine rings is 1. The lowest BCUT2D eigenvalue weighted by Crippen LogP contribution is -1.93. The molecule has 0 fully saturated rings. The zero-order valence-corrected chi connectivity index (χ0v) is 11.2. The summed E-state index contributed by atoms with van der Waals surface area (Å²) < 4.78 is 0. The van der Waals surface area contributed by atoms with Crippen molar-refractivity contribution in [3.63, 3.8) is 0 Å². The zero-order chi connectivity index (χ0) is 13.2. The van der Waals surface area contributed by atoms with Gasteiger partial charge >= 0.3 is 0 Å². The fraction of sp³-hybridized carbons (Fsp3) is 0.0714. The van der Waals surface area contributed by atoms with Gasteiger partial charge in [-0.1, -0.05) is 0 Å². The van der Waals surface area contributed by atoms with Crippen LogP contribution in [-0.2, 0) is 0 Å². The Balaban J connectivity index is 2.04. The Hall–Kier alpha value is -2.14. The lowest BCUT2D eigenvalue weighted by molar-refractivity contribution is 0.932. The second-order valence-electron chi connectivity index (χ2n) is 4.13. The Bertz CT molecular complexity index is 742. The quantitative estimate of drug-likeness (QED) is 0.571. The van der Waals surface area contributed by atoms with Gasteiger partial charge < -0.3 is 5.73 Å². The van der Waals surface area contributed by atoms with E-state index in [-0.39, 0.29) is 0 Å². The van der Waals surface area contributed by atoms with Gasteiger partial charge in [-0.3, -0.25) is 4.98 Å². The highest BCUT2D eigenvalue weighted by atomic mass is 32.2. The van der Waals surface area contributed by atoms with Crippen molar-refractivity contribution < 1.29 is 0 Å². The van der Waals surface area contributed by atoms with E-state index in [1.807, 2.05) is 37.3 Å². The van der Waals surface area contributed by atoms with Crippen LogP contribution in [0.3, 0.4) is 0 Å². The number of nitrogen functional groups attached to an aromatic ring is 1. The summed E-state index contributed by atoms with van der Waals surface area (Å²) in [5.41, 5.74) is 8.75. The molecule has 2 heterocycles. The minimum Gasteiger partial charge on any atom is -0.397 e. The maximum Gasteiger partial charge on any atom is 0.192 e. The average molecular weight is 268 g/mol. The molecule has 0 unspecified atom stereocenters. The summed E-state index contributed by atoms with van der Waals surface area (Å²) in [5, 5.41) is 1.66. The molecule has 0 saturated carbocycles. The minimum absolute atomic E-state index is 0.704. The molecule has 0 aliphatic rings. The number of aryl methyl sites for hydroxylation is 1. The number of nitrogens with two attached hydrogens (primary N) is 1. The number of fused-ring (bicyclic) bond motifs is 1. The van der Waals surface area contributed by atoms with E-state index in [1.54, 1.807) is 12.4 Å². The first-order chi connectivity index (χ1) is 9.24. The molecular formula is C14H12N4S. The molecule has 94 valence electrons. The van der Waals surface area contributed by atoms with Crippen LogP contribution >= 0.6 is 11.8 Å². The second-order valence-corrected chi connectivity index (χ2v) is 5.14. The maximum atomic E-state index is 6.19. The third-order valence-corrected chi connectivity index (χ3v) is 3.72. The van der Waals surface area contributed by atoms with Crippen molar-refractivity contribution in [2.75, 3.05) is 5.73 Å². The lowest BCUT2D eigenvalue weighted by atomic mass is 10.2. The van der Waals surface area contributed by atoms with Crippen molar-refractivity contribution >= 4 is 28.4 Å². The van der Waals surface area contributed by atoms with Gasteiger partial charge in [0.05, 0.1) is 11.2 Å². The molecular weight excluding hydrogens is 256 g/mol. The Morgan fingerprint density at radius 2 is 1.95 bits per heavy atom.